The number of carbonyl (C=O) groups excluding carboxylic acids is 1. The summed E-state index contributed by atoms with van der Waals surface area (Å²) < 4.78 is 0. The third-order valence-electron chi connectivity index (χ3n) is 5.34. The molecule has 0 unspecified atom stereocenters. The Morgan fingerprint density at radius 2 is 1.43 bits per heavy atom. The first-order valence-corrected chi connectivity index (χ1v) is 7.94. The number of ketones is 1. The predicted molar refractivity (Wildman–Crippen MR) is 86.6 cm³/mol. The molecule has 1 aromatic rings. The molecule has 114 valence electrons. The van der Waals surface area contributed by atoms with E-state index in [1.54, 1.807) is 0 Å². The van der Waals surface area contributed by atoms with E-state index in [0.717, 1.165) is 26.2 Å². The minimum atomic E-state index is -0.196. The number of nitrogens with zero attached hydrogens (tertiary/aromatic N) is 2. The standard InChI is InChI=1S/C18H26N2O/c1-17(2)15(18(3,4)16(17)21)20-12-10-19(11-13-20)14-8-6-5-7-9-14/h5-9,15H,10-13H2,1-4H3. The van der Waals surface area contributed by atoms with Gasteiger partial charge in [0.15, 0.2) is 0 Å². The van der Waals surface area contributed by atoms with Gasteiger partial charge in [-0.1, -0.05) is 45.9 Å². The van der Waals surface area contributed by atoms with Gasteiger partial charge in [0.25, 0.3) is 0 Å². The molecule has 1 aliphatic carbocycles. The van der Waals surface area contributed by atoms with Crippen LogP contribution in [0.3, 0.4) is 0 Å². The maximum absolute atomic E-state index is 12.3. The van der Waals surface area contributed by atoms with Gasteiger partial charge in [-0.3, -0.25) is 9.69 Å². The third-order valence-corrected chi connectivity index (χ3v) is 5.34. The van der Waals surface area contributed by atoms with Crippen molar-refractivity contribution in [2.75, 3.05) is 31.1 Å². The van der Waals surface area contributed by atoms with Crippen LogP contribution >= 0.6 is 0 Å². The molecule has 0 radical (unpaired) electrons. The Balaban J connectivity index is 1.68. The molecule has 0 spiro atoms. The molecule has 21 heavy (non-hydrogen) atoms. The zero-order chi connectivity index (χ0) is 15.3. The predicted octanol–water partition coefficient (Wildman–Crippen LogP) is 2.81. The fraction of sp³-hybridized carbons (Fsp3) is 0.611. The lowest BCUT2D eigenvalue weighted by Crippen LogP contribution is -2.72. The minimum absolute atomic E-state index is 0.196. The van der Waals surface area contributed by atoms with Gasteiger partial charge >= 0.3 is 0 Å². The van der Waals surface area contributed by atoms with Crippen LogP contribution in [0, 0.1) is 10.8 Å². The third kappa shape index (κ3) is 2.18. The van der Waals surface area contributed by atoms with Crippen molar-refractivity contribution >= 4 is 11.5 Å². The molecule has 1 saturated heterocycles. The summed E-state index contributed by atoms with van der Waals surface area (Å²) in [5.41, 5.74) is 0.914. The summed E-state index contributed by atoms with van der Waals surface area (Å²) >= 11 is 0. The van der Waals surface area contributed by atoms with E-state index in [-0.39, 0.29) is 10.8 Å². The number of benzene rings is 1. The smallest absolute Gasteiger partial charge is 0.147 e. The quantitative estimate of drug-likeness (QED) is 0.835. The van der Waals surface area contributed by atoms with Gasteiger partial charge in [0.05, 0.1) is 0 Å². The fourth-order valence-corrected chi connectivity index (χ4v) is 4.69. The molecule has 1 saturated carbocycles. The molecule has 3 rings (SSSR count). The molecule has 0 amide bonds. The largest absolute Gasteiger partial charge is 0.369 e. The number of hydrogen-bond donors (Lipinski definition) is 0. The van der Waals surface area contributed by atoms with Crippen molar-refractivity contribution in [3.63, 3.8) is 0 Å². The van der Waals surface area contributed by atoms with Gasteiger partial charge in [-0.05, 0) is 12.1 Å². The van der Waals surface area contributed by atoms with E-state index in [9.17, 15) is 4.79 Å². The van der Waals surface area contributed by atoms with E-state index in [4.69, 9.17) is 0 Å². The minimum Gasteiger partial charge on any atom is -0.369 e. The molecular weight excluding hydrogens is 260 g/mol. The van der Waals surface area contributed by atoms with Crippen LogP contribution in [-0.2, 0) is 4.79 Å². The highest BCUT2D eigenvalue weighted by atomic mass is 16.1. The maximum Gasteiger partial charge on any atom is 0.147 e. The lowest BCUT2D eigenvalue weighted by molar-refractivity contribution is -0.170. The molecule has 2 aliphatic rings. The summed E-state index contributed by atoms with van der Waals surface area (Å²) in [5, 5.41) is 0. The molecule has 0 aromatic heterocycles. The van der Waals surface area contributed by atoms with Crippen molar-refractivity contribution in [2.24, 2.45) is 10.8 Å². The van der Waals surface area contributed by atoms with Crippen molar-refractivity contribution < 1.29 is 4.79 Å². The van der Waals surface area contributed by atoms with E-state index in [2.05, 4.69) is 67.8 Å². The van der Waals surface area contributed by atoms with Crippen LogP contribution in [0.25, 0.3) is 0 Å². The highest BCUT2D eigenvalue weighted by Gasteiger charge is 2.63. The van der Waals surface area contributed by atoms with Crippen LogP contribution in [-0.4, -0.2) is 42.9 Å². The Morgan fingerprint density at radius 1 is 0.905 bits per heavy atom. The number of piperazine rings is 1. The van der Waals surface area contributed by atoms with Gasteiger partial charge in [-0.15, -0.1) is 0 Å². The van der Waals surface area contributed by atoms with Gasteiger partial charge in [0.1, 0.15) is 5.78 Å². The highest BCUT2D eigenvalue weighted by molar-refractivity contribution is 5.97. The first-order valence-electron chi connectivity index (χ1n) is 7.94. The molecular formula is C18H26N2O. The number of carbonyl (C=O) groups is 1. The summed E-state index contributed by atoms with van der Waals surface area (Å²) in [4.78, 5) is 17.3. The number of Topliss-reactive ketones (excluding diaryl/α,β-unsaturated/α-hetero) is 1. The summed E-state index contributed by atoms with van der Waals surface area (Å²) in [6, 6.07) is 11.0. The summed E-state index contributed by atoms with van der Waals surface area (Å²) in [6.07, 6.45) is 0. The molecule has 0 atom stereocenters. The van der Waals surface area contributed by atoms with Gasteiger partial charge in [0.2, 0.25) is 0 Å². The van der Waals surface area contributed by atoms with Crippen molar-refractivity contribution in [2.45, 2.75) is 33.7 Å². The summed E-state index contributed by atoms with van der Waals surface area (Å²) in [5.74, 6) is 0.408. The molecule has 1 aromatic carbocycles. The van der Waals surface area contributed by atoms with Gasteiger partial charge in [-0.2, -0.15) is 0 Å². The molecule has 1 heterocycles. The Kier molecular flexibility index (Phi) is 3.36. The Labute approximate surface area is 127 Å². The van der Waals surface area contributed by atoms with Crippen LogP contribution in [0.4, 0.5) is 5.69 Å². The Hall–Kier alpha value is -1.35. The summed E-state index contributed by atoms with van der Waals surface area (Å²) in [7, 11) is 0. The zero-order valence-corrected chi connectivity index (χ0v) is 13.6. The van der Waals surface area contributed by atoms with E-state index >= 15 is 0 Å². The van der Waals surface area contributed by atoms with Crippen molar-refractivity contribution in [3.05, 3.63) is 30.3 Å². The van der Waals surface area contributed by atoms with E-state index in [1.165, 1.54) is 5.69 Å². The van der Waals surface area contributed by atoms with Crippen LogP contribution in [0.1, 0.15) is 27.7 Å². The van der Waals surface area contributed by atoms with E-state index in [0.29, 0.717) is 11.8 Å². The van der Waals surface area contributed by atoms with Crippen LogP contribution in [0.2, 0.25) is 0 Å². The van der Waals surface area contributed by atoms with Gasteiger partial charge in [0, 0.05) is 48.7 Å². The Morgan fingerprint density at radius 3 is 1.95 bits per heavy atom. The Bertz CT molecular complexity index is 509. The van der Waals surface area contributed by atoms with Gasteiger partial charge < -0.3 is 4.90 Å². The molecule has 3 heteroatoms. The fourth-order valence-electron chi connectivity index (χ4n) is 4.69. The number of rotatable bonds is 2. The van der Waals surface area contributed by atoms with Crippen molar-refractivity contribution in [1.82, 2.24) is 4.90 Å². The number of hydrogen-bond acceptors (Lipinski definition) is 3. The van der Waals surface area contributed by atoms with E-state index in [1.807, 2.05) is 0 Å². The number of anilines is 1. The number of para-hydroxylation sites is 1. The molecule has 0 N–H and O–H groups in total. The van der Waals surface area contributed by atoms with Crippen molar-refractivity contribution in [1.29, 1.82) is 0 Å². The first-order chi connectivity index (χ1) is 9.85. The SMILES string of the molecule is CC1(C)C(=O)C(C)(C)C1N1CCN(c2ccccc2)CC1. The first kappa shape index (κ1) is 14.6. The van der Waals surface area contributed by atoms with Crippen molar-refractivity contribution in [3.8, 4) is 0 Å². The molecule has 0 bridgehead atoms. The maximum atomic E-state index is 12.3. The molecule has 3 nitrogen and oxygen atoms in total. The van der Waals surface area contributed by atoms with Crippen LogP contribution in [0.15, 0.2) is 30.3 Å². The lowest BCUT2D eigenvalue weighted by Gasteiger charge is -2.60. The zero-order valence-electron chi connectivity index (χ0n) is 13.6. The monoisotopic (exact) mass is 286 g/mol. The second-order valence-corrected chi connectivity index (χ2v) is 7.53. The second-order valence-electron chi connectivity index (χ2n) is 7.53. The molecule has 2 fully saturated rings. The normalized spacial score (nSPS) is 25.7. The van der Waals surface area contributed by atoms with Crippen LogP contribution in [0.5, 0.6) is 0 Å². The van der Waals surface area contributed by atoms with Crippen LogP contribution < -0.4 is 4.90 Å². The van der Waals surface area contributed by atoms with E-state index < -0.39 is 0 Å². The average molecular weight is 286 g/mol. The second kappa shape index (κ2) is 4.84. The lowest BCUT2D eigenvalue weighted by atomic mass is 9.50. The summed E-state index contributed by atoms with van der Waals surface area (Å²) in [6.45, 7) is 12.6. The molecule has 1 aliphatic heterocycles. The van der Waals surface area contributed by atoms with Gasteiger partial charge in [-0.25, -0.2) is 0 Å². The topological polar surface area (TPSA) is 23.6 Å². The average Bonchev–Trinajstić information content (AvgIpc) is 2.48. The highest BCUT2D eigenvalue weighted by Crippen LogP contribution is 2.53.